The zero-order valence-electron chi connectivity index (χ0n) is 11.4. The molecule has 1 amide bonds. The summed E-state index contributed by atoms with van der Waals surface area (Å²) in [6.45, 7) is 1.31. The summed E-state index contributed by atoms with van der Waals surface area (Å²) < 4.78 is 5.20. The van der Waals surface area contributed by atoms with Crippen LogP contribution in [0.1, 0.15) is 12.8 Å². The molecule has 1 fully saturated rings. The first-order chi connectivity index (χ1) is 9.66. The number of nitro benzene ring substituents is 1. The first kappa shape index (κ1) is 17.2. The number of nitro groups is 1. The van der Waals surface area contributed by atoms with E-state index in [-0.39, 0.29) is 36.4 Å². The van der Waals surface area contributed by atoms with Crippen molar-refractivity contribution in [3.05, 3.63) is 34.4 Å². The summed E-state index contributed by atoms with van der Waals surface area (Å²) >= 11 is 0. The summed E-state index contributed by atoms with van der Waals surface area (Å²) in [7, 11) is 0. The molecule has 0 radical (unpaired) electrons. The second-order valence-corrected chi connectivity index (χ2v) is 4.61. The van der Waals surface area contributed by atoms with Gasteiger partial charge in [-0.05, 0) is 25.5 Å². The molecule has 1 aromatic rings. The van der Waals surface area contributed by atoms with Crippen LogP contribution in [0.4, 0.5) is 5.69 Å². The molecular weight excluding hydrogens is 298 g/mol. The van der Waals surface area contributed by atoms with Crippen LogP contribution in [0.2, 0.25) is 0 Å². The Bertz CT molecular complexity index is 492. The van der Waals surface area contributed by atoms with Gasteiger partial charge in [0.1, 0.15) is 0 Å². The lowest BCUT2D eigenvalue weighted by Gasteiger charge is -2.12. The minimum Gasteiger partial charge on any atom is -0.477 e. The third kappa shape index (κ3) is 5.20. The van der Waals surface area contributed by atoms with Crippen molar-refractivity contribution in [1.82, 2.24) is 10.6 Å². The van der Waals surface area contributed by atoms with Crippen molar-refractivity contribution in [3.63, 3.8) is 0 Å². The number of amides is 1. The highest BCUT2D eigenvalue weighted by Crippen LogP contribution is 2.25. The normalized spacial score (nSPS) is 16.9. The minimum atomic E-state index is -0.532. The quantitative estimate of drug-likeness (QED) is 0.609. The smallest absolute Gasteiger partial charge is 0.310 e. The second-order valence-electron chi connectivity index (χ2n) is 4.61. The van der Waals surface area contributed by atoms with Crippen molar-refractivity contribution >= 4 is 24.0 Å². The number of benzene rings is 1. The Morgan fingerprint density at radius 1 is 1.48 bits per heavy atom. The van der Waals surface area contributed by atoms with E-state index in [0.29, 0.717) is 12.6 Å². The summed E-state index contributed by atoms with van der Waals surface area (Å²) in [6.07, 6.45) is 2.17. The number of hydrogen-bond acceptors (Lipinski definition) is 5. The molecule has 1 saturated heterocycles. The van der Waals surface area contributed by atoms with Gasteiger partial charge in [-0.3, -0.25) is 14.9 Å². The maximum atomic E-state index is 11.6. The van der Waals surface area contributed by atoms with Gasteiger partial charge in [-0.25, -0.2) is 0 Å². The number of hydrogen-bond donors (Lipinski definition) is 2. The maximum absolute atomic E-state index is 11.6. The van der Waals surface area contributed by atoms with Crippen molar-refractivity contribution in [2.75, 3.05) is 19.7 Å². The summed E-state index contributed by atoms with van der Waals surface area (Å²) in [5.41, 5.74) is -0.141. The molecule has 0 spiro atoms. The standard InChI is InChI=1S/C13H17N3O4.ClH/c17-13(15-8-10-4-3-7-14-10)9-20-12-6-2-1-5-11(12)16(18)19;/h1-2,5-6,10,14H,3-4,7-9H2,(H,15,17);1H. The van der Waals surface area contributed by atoms with Gasteiger partial charge in [0, 0.05) is 18.7 Å². The van der Waals surface area contributed by atoms with Crippen LogP contribution in [0.3, 0.4) is 0 Å². The minimum absolute atomic E-state index is 0. The number of rotatable bonds is 6. The molecule has 0 aliphatic carbocycles. The monoisotopic (exact) mass is 315 g/mol. The van der Waals surface area contributed by atoms with E-state index in [1.165, 1.54) is 12.1 Å². The van der Waals surface area contributed by atoms with Gasteiger partial charge in [-0.15, -0.1) is 12.4 Å². The highest BCUT2D eigenvalue weighted by Gasteiger charge is 2.17. The highest BCUT2D eigenvalue weighted by molar-refractivity contribution is 5.85. The van der Waals surface area contributed by atoms with Gasteiger partial charge in [0.2, 0.25) is 0 Å². The Hall–Kier alpha value is -1.86. The number of nitrogens with one attached hydrogen (secondary N) is 2. The Balaban J connectivity index is 0.00000220. The van der Waals surface area contributed by atoms with Gasteiger partial charge < -0.3 is 15.4 Å². The number of carbonyl (C=O) groups is 1. The maximum Gasteiger partial charge on any atom is 0.310 e. The molecular formula is C13H18ClN3O4. The summed E-state index contributed by atoms with van der Waals surface area (Å²) in [6, 6.07) is 6.31. The molecule has 1 aliphatic rings. The predicted octanol–water partition coefficient (Wildman–Crippen LogP) is 1.26. The lowest BCUT2D eigenvalue weighted by Crippen LogP contribution is -2.39. The molecule has 0 saturated carbocycles. The number of ether oxygens (including phenoxy) is 1. The highest BCUT2D eigenvalue weighted by atomic mass is 35.5. The SMILES string of the molecule is Cl.O=C(COc1ccccc1[N+](=O)[O-])NCC1CCCN1. The van der Waals surface area contributed by atoms with Crippen LogP contribution in [0.15, 0.2) is 24.3 Å². The molecule has 0 bridgehead atoms. The molecule has 21 heavy (non-hydrogen) atoms. The number of halogens is 1. The second kappa shape index (κ2) is 8.43. The molecule has 8 heteroatoms. The van der Waals surface area contributed by atoms with Gasteiger partial charge >= 0.3 is 5.69 Å². The third-order valence-electron chi connectivity index (χ3n) is 3.13. The average molecular weight is 316 g/mol. The molecule has 0 aromatic heterocycles. The van der Waals surface area contributed by atoms with Crippen LogP contribution < -0.4 is 15.4 Å². The Labute approximate surface area is 128 Å². The molecule has 1 unspecified atom stereocenters. The topological polar surface area (TPSA) is 93.5 Å². The van der Waals surface area contributed by atoms with Crippen molar-refractivity contribution in [1.29, 1.82) is 0 Å². The largest absolute Gasteiger partial charge is 0.477 e. The molecule has 7 nitrogen and oxygen atoms in total. The number of nitrogens with zero attached hydrogens (tertiary/aromatic N) is 1. The molecule has 2 rings (SSSR count). The third-order valence-corrected chi connectivity index (χ3v) is 3.13. The van der Waals surface area contributed by atoms with Crippen LogP contribution >= 0.6 is 12.4 Å². The van der Waals surface area contributed by atoms with E-state index in [2.05, 4.69) is 10.6 Å². The Kier molecular flexibility index (Phi) is 6.90. The van der Waals surface area contributed by atoms with Gasteiger partial charge in [-0.1, -0.05) is 12.1 Å². The lowest BCUT2D eigenvalue weighted by atomic mass is 10.2. The predicted molar refractivity (Wildman–Crippen MR) is 79.9 cm³/mol. The number of carbonyl (C=O) groups excluding carboxylic acids is 1. The van der Waals surface area contributed by atoms with E-state index >= 15 is 0 Å². The van der Waals surface area contributed by atoms with Crippen LogP contribution in [-0.4, -0.2) is 36.6 Å². The molecule has 116 valence electrons. The van der Waals surface area contributed by atoms with E-state index < -0.39 is 4.92 Å². The summed E-state index contributed by atoms with van der Waals surface area (Å²) in [4.78, 5) is 21.9. The van der Waals surface area contributed by atoms with Crippen LogP contribution in [0.25, 0.3) is 0 Å². The molecule has 1 aromatic carbocycles. The molecule has 1 atom stereocenters. The fourth-order valence-corrected chi connectivity index (χ4v) is 2.09. The molecule has 1 aliphatic heterocycles. The van der Waals surface area contributed by atoms with Crippen molar-refractivity contribution < 1.29 is 14.5 Å². The van der Waals surface area contributed by atoms with E-state index in [4.69, 9.17) is 4.74 Å². The van der Waals surface area contributed by atoms with Gasteiger partial charge in [0.25, 0.3) is 5.91 Å². The fraction of sp³-hybridized carbons (Fsp3) is 0.462. The average Bonchev–Trinajstić information content (AvgIpc) is 2.96. The van der Waals surface area contributed by atoms with Gasteiger partial charge in [-0.2, -0.15) is 0 Å². The van der Waals surface area contributed by atoms with Crippen molar-refractivity contribution in [2.45, 2.75) is 18.9 Å². The van der Waals surface area contributed by atoms with E-state index in [0.717, 1.165) is 19.4 Å². The van der Waals surface area contributed by atoms with Crippen LogP contribution in [-0.2, 0) is 4.79 Å². The van der Waals surface area contributed by atoms with Crippen LogP contribution in [0.5, 0.6) is 5.75 Å². The lowest BCUT2D eigenvalue weighted by molar-refractivity contribution is -0.385. The summed E-state index contributed by atoms with van der Waals surface area (Å²) in [5, 5.41) is 16.8. The Morgan fingerprint density at radius 3 is 2.90 bits per heavy atom. The number of para-hydroxylation sites is 2. The zero-order chi connectivity index (χ0) is 14.4. The first-order valence-corrected chi connectivity index (χ1v) is 6.53. The molecule has 2 N–H and O–H groups in total. The Morgan fingerprint density at radius 2 is 2.24 bits per heavy atom. The van der Waals surface area contributed by atoms with E-state index in [1.54, 1.807) is 12.1 Å². The molecule has 1 heterocycles. The van der Waals surface area contributed by atoms with E-state index in [9.17, 15) is 14.9 Å². The zero-order valence-corrected chi connectivity index (χ0v) is 12.2. The summed E-state index contributed by atoms with van der Waals surface area (Å²) in [5.74, 6) is -0.177. The van der Waals surface area contributed by atoms with Gasteiger partial charge in [0.15, 0.2) is 12.4 Å². The van der Waals surface area contributed by atoms with Crippen molar-refractivity contribution in [2.24, 2.45) is 0 Å². The first-order valence-electron chi connectivity index (χ1n) is 6.53. The van der Waals surface area contributed by atoms with Gasteiger partial charge in [0.05, 0.1) is 4.92 Å². The van der Waals surface area contributed by atoms with E-state index in [1.807, 2.05) is 0 Å². The van der Waals surface area contributed by atoms with Crippen LogP contribution in [0, 0.1) is 10.1 Å². The fourth-order valence-electron chi connectivity index (χ4n) is 2.09. The van der Waals surface area contributed by atoms with Crippen molar-refractivity contribution in [3.8, 4) is 5.75 Å².